The van der Waals surface area contributed by atoms with Crippen LogP contribution in [0.5, 0.6) is 0 Å². The number of carbonyl (C=O) groups excluding carboxylic acids is 2. The van der Waals surface area contributed by atoms with Gasteiger partial charge in [0.2, 0.25) is 0 Å². The third-order valence-electron chi connectivity index (χ3n) is 5.72. The summed E-state index contributed by atoms with van der Waals surface area (Å²) >= 11 is 0. The summed E-state index contributed by atoms with van der Waals surface area (Å²) in [7, 11) is -1.06. The number of nitrogens with zero attached hydrogens (tertiary/aromatic N) is 3. The molecule has 0 aromatic carbocycles. The Labute approximate surface area is 159 Å². The van der Waals surface area contributed by atoms with Gasteiger partial charge < -0.3 is 10.2 Å². The molecule has 9 nitrogen and oxygen atoms in total. The van der Waals surface area contributed by atoms with Crippen LogP contribution in [0.4, 0.5) is 4.79 Å². The van der Waals surface area contributed by atoms with E-state index in [1.165, 1.54) is 4.90 Å². The van der Waals surface area contributed by atoms with Gasteiger partial charge in [-0.15, -0.1) is 0 Å². The average molecular weight is 399 g/mol. The summed E-state index contributed by atoms with van der Waals surface area (Å²) in [6.45, 7) is 7.17. The highest BCUT2D eigenvalue weighted by Crippen LogP contribution is 2.26. The number of imide groups is 1. The molecule has 2 fully saturated rings. The minimum atomic E-state index is -2.98. The molecule has 3 atom stereocenters. The van der Waals surface area contributed by atoms with Gasteiger partial charge in [-0.2, -0.15) is 5.10 Å². The number of carbonyl (C=O) groups is 2. The number of urea groups is 1. The van der Waals surface area contributed by atoms with Gasteiger partial charge >= 0.3 is 6.03 Å². The quantitative estimate of drug-likeness (QED) is 0.649. The van der Waals surface area contributed by atoms with E-state index >= 15 is 0 Å². The van der Waals surface area contributed by atoms with Crippen LogP contribution in [0.1, 0.15) is 36.3 Å². The molecular weight excluding hydrogens is 370 g/mol. The number of hydrogen-bond donors (Lipinski definition) is 2. The van der Waals surface area contributed by atoms with E-state index in [0.29, 0.717) is 26.1 Å². The summed E-state index contributed by atoms with van der Waals surface area (Å²) in [4.78, 5) is 26.6. The second kappa shape index (κ2) is 7.23. The van der Waals surface area contributed by atoms with Crippen molar-refractivity contribution < 1.29 is 22.9 Å². The highest BCUT2D eigenvalue weighted by Gasteiger charge is 2.35. The molecule has 1 unspecified atom stereocenters. The number of likely N-dealkylation sites (N-methyl/N-ethyl adjacent to an activating group) is 1. The maximum absolute atomic E-state index is 12.6. The van der Waals surface area contributed by atoms with E-state index in [2.05, 4.69) is 10.4 Å². The molecule has 2 saturated heterocycles. The summed E-state index contributed by atoms with van der Waals surface area (Å²) in [6, 6.07) is -0.819. The van der Waals surface area contributed by atoms with Gasteiger partial charge in [-0.1, -0.05) is 0 Å². The molecule has 0 aliphatic carbocycles. The standard InChI is InChI=1S/C17H27N5O4S/c1-11-15(12(2)22(19-11)14-5-8-27(25,26)10-14)9-20(4)13(3)16(23)21-7-6-18-17(21)24/h13-14H,5-10H2,1-4H3,(H,18,24)/p+1/t13-,14+/m0/s1. The lowest BCUT2D eigenvalue weighted by Crippen LogP contribution is -3.12. The fourth-order valence-electron chi connectivity index (χ4n) is 3.84. The van der Waals surface area contributed by atoms with Gasteiger partial charge in [-0.25, -0.2) is 13.2 Å². The normalized spacial score (nSPS) is 24.1. The van der Waals surface area contributed by atoms with Gasteiger partial charge in [0, 0.05) is 18.8 Å². The van der Waals surface area contributed by atoms with Crippen molar-refractivity contribution in [2.45, 2.75) is 45.8 Å². The zero-order valence-corrected chi connectivity index (χ0v) is 17.1. The van der Waals surface area contributed by atoms with Gasteiger partial charge in [0.15, 0.2) is 15.9 Å². The van der Waals surface area contributed by atoms with Crippen LogP contribution in [-0.2, 0) is 21.2 Å². The predicted octanol–water partition coefficient (Wildman–Crippen LogP) is -1.19. The molecule has 1 aromatic rings. The minimum Gasteiger partial charge on any atom is -0.336 e. The smallest absolute Gasteiger partial charge is 0.324 e. The van der Waals surface area contributed by atoms with Crippen LogP contribution in [0.25, 0.3) is 0 Å². The van der Waals surface area contributed by atoms with Crippen LogP contribution < -0.4 is 10.2 Å². The van der Waals surface area contributed by atoms with Crippen LogP contribution >= 0.6 is 0 Å². The van der Waals surface area contributed by atoms with Crippen LogP contribution in [-0.4, -0.2) is 72.7 Å². The number of amides is 3. The molecular formula is C17H28N5O4S+. The van der Waals surface area contributed by atoms with Crippen LogP contribution in [0.15, 0.2) is 0 Å². The van der Waals surface area contributed by atoms with Crippen molar-refractivity contribution in [2.75, 3.05) is 31.6 Å². The first-order valence-corrected chi connectivity index (χ1v) is 11.1. The molecule has 3 heterocycles. The van der Waals surface area contributed by atoms with E-state index in [1.807, 2.05) is 32.5 Å². The van der Waals surface area contributed by atoms with Crippen molar-refractivity contribution in [3.63, 3.8) is 0 Å². The Bertz CT molecular complexity index is 863. The lowest BCUT2D eigenvalue weighted by atomic mass is 10.1. The minimum absolute atomic E-state index is 0.116. The second-order valence-corrected chi connectivity index (χ2v) is 9.85. The lowest BCUT2D eigenvalue weighted by Gasteiger charge is -2.24. The zero-order chi connectivity index (χ0) is 19.9. The number of nitrogens with one attached hydrogen (secondary N) is 2. The van der Waals surface area contributed by atoms with Gasteiger partial charge in [0.1, 0.15) is 6.54 Å². The van der Waals surface area contributed by atoms with E-state index in [0.717, 1.165) is 21.9 Å². The number of quaternary nitrogens is 1. The fraction of sp³-hybridized carbons (Fsp3) is 0.706. The highest BCUT2D eigenvalue weighted by molar-refractivity contribution is 7.91. The maximum atomic E-state index is 12.6. The van der Waals surface area contributed by atoms with Crippen LogP contribution in [0.2, 0.25) is 0 Å². The maximum Gasteiger partial charge on any atom is 0.324 e. The van der Waals surface area contributed by atoms with Crippen LogP contribution in [0, 0.1) is 13.8 Å². The Hall–Kier alpha value is -1.94. The van der Waals surface area contributed by atoms with Crippen molar-refractivity contribution >= 4 is 21.8 Å². The molecule has 2 aliphatic rings. The average Bonchev–Trinajstić information content (AvgIpc) is 3.26. The van der Waals surface area contributed by atoms with E-state index in [4.69, 9.17) is 0 Å². The molecule has 10 heteroatoms. The summed E-state index contributed by atoms with van der Waals surface area (Å²) in [6.07, 6.45) is 0.589. The summed E-state index contributed by atoms with van der Waals surface area (Å²) < 4.78 is 25.4. The summed E-state index contributed by atoms with van der Waals surface area (Å²) in [5.41, 5.74) is 2.84. The third-order valence-corrected chi connectivity index (χ3v) is 7.47. The molecule has 2 N–H and O–H groups in total. The molecule has 0 spiro atoms. The topological polar surface area (TPSA) is 106 Å². The molecule has 27 heavy (non-hydrogen) atoms. The van der Waals surface area contributed by atoms with Gasteiger partial charge in [-0.05, 0) is 27.2 Å². The number of aromatic nitrogens is 2. The van der Waals surface area contributed by atoms with Gasteiger partial charge in [0.05, 0.1) is 35.9 Å². The van der Waals surface area contributed by atoms with Gasteiger partial charge in [0.25, 0.3) is 5.91 Å². The van der Waals surface area contributed by atoms with Crippen molar-refractivity contribution in [3.8, 4) is 0 Å². The molecule has 3 rings (SSSR count). The Morgan fingerprint density at radius 2 is 2.11 bits per heavy atom. The van der Waals surface area contributed by atoms with Crippen molar-refractivity contribution in [1.82, 2.24) is 20.0 Å². The number of sulfone groups is 1. The van der Waals surface area contributed by atoms with Gasteiger partial charge in [-0.3, -0.25) is 14.4 Å². The molecule has 0 saturated carbocycles. The van der Waals surface area contributed by atoms with E-state index in [9.17, 15) is 18.0 Å². The Morgan fingerprint density at radius 3 is 2.67 bits per heavy atom. The third kappa shape index (κ3) is 3.86. The largest absolute Gasteiger partial charge is 0.336 e. The first-order chi connectivity index (χ1) is 12.6. The lowest BCUT2D eigenvalue weighted by molar-refractivity contribution is -0.908. The van der Waals surface area contributed by atoms with Crippen molar-refractivity contribution in [2.24, 2.45) is 0 Å². The first-order valence-electron chi connectivity index (χ1n) is 9.27. The molecule has 0 bridgehead atoms. The summed E-state index contributed by atoms with van der Waals surface area (Å²) in [5.74, 6) is 0.155. The number of aryl methyl sites for hydroxylation is 1. The molecule has 2 aliphatic heterocycles. The van der Waals surface area contributed by atoms with Crippen LogP contribution in [0.3, 0.4) is 0 Å². The fourth-order valence-corrected chi connectivity index (χ4v) is 5.53. The zero-order valence-electron chi connectivity index (χ0n) is 16.3. The van der Waals surface area contributed by atoms with Crippen molar-refractivity contribution in [1.29, 1.82) is 0 Å². The molecule has 3 amide bonds. The number of rotatable bonds is 5. The Morgan fingerprint density at radius 1 is 1.41 bits per heavy atom. The predicted molar refractivity (Wildman–Crippen MR) is 99.2 cm³/mol. The first kappa shape index (κ1) is 19.8. The Kier molecular flexibility index (Phi) is 5.31. The molecule has 0 radical (unpaired) electrons. The van der Waals surface area contributed by atoms with E-state index in [1.54, 1.807) is 0 Å². The monoisotopic (exact) mass is 398 g/mol. The SMILES string of the molecule is Cc1nn([C@@H]2CCS(=O)(=O)C2)c(C)c1C[NH+](C)[C@@H](C)C(=O)N1CCNC1=O. The van der Waals surface area contributed by atoms with E-state index in [-0.39, 0.29) is 35.5 Å². The molecule has 150 valence electrons. The highest BCUT2D eigenvalue weighted by atomic mass is 32.2. The summed E-state index contributed by atoms with van der Waals surface area (Å²) in [5, 5.41) is 7.23. The van der Waals surface area contributed by atoms with Crippen molar-refractivity contribution in [3.05, 3.63) is 17.0 Å². The second-order valence-electron chi connectivity index (χ2n) is 7.62. The Balaban J connectivity index is 1.73. The molecule has 1 aromatic heterocycles. The van der Waals surface area contributed by atoms with E-state index < -0.39 is 9.84 Å². The number of hydrogen-bond acceptors (Lipinski definition) is 5.